The summed E-state index contributed by atoms with van der Waals surface area (Å²) in [6.45, 7) is 10.4. The van der Waals surface area contributed by atoms with Crippen molar-refractivity contribution in [3.8, 4) is 0 Å². The van der Waals surface area contributed by atoms with E-state index < -0.39 is 5.41 Å². The molecule has 0 saturated carbocycles. The van der Waals surface area contributed by atoms with Crippen LogP contribution < -0.4 is 11.1 Å². The molecular formula is C11H24N2O. The summed E-state index contributed by atoms with van der Waals surface area (Å²) >= 11 is 0. The zero-order valence-electron chi connectivity index (χ0n) is 10.1. The summed E-state index contributed by atoms with van der Waals surface area (Å²) in [5, 5.41) is 3.00. The van der Waals surface area contributed by atoms with E-state index in [-0.39, 0.29) is 11.9 Å². The average molecular weight is 200 g/mol. The van der Waals surface area contributed by atoms with Crippen molar-refractivity contribution in [3.63, 3.8) is 0 Å². The lowest BCUT2D eigenvalue weighted by Crippen LogP contribution is -2.47. The van der Waals surface area contributed by atoms with Crippen LogP contribution in [-0.4, -0.2) is 18.5 Å². The van der Waals surface area contributed by atoms with E-state index in [1.165, 1.54) is 0 Å². The van der Waals surface area contributed by atoms with Gasteiger partial charge in [-0.05, 0) is 26.7 Å². The van der Waals surface area contributed by atoms with E-state index in [2.05, 4.69) is 19.2 Å². The highest BCUT2D eigenvalue weighted by Gasteiger charge is 2.27. The van der Waals surface area contributed by atoms with Crippen LogP contribution in [0.1, 0.15) is 41.0 Å². The smallest absolute Gasteiger partial charge is 0.227 e. The van der Waals surface area contributed by atoms with Crippen molar-refractivity contribution in [3.05, 3.63) is 0 Å². The Bertz CT molecular complexity index is 190. The molecule has 0 heterocycles. The molecule has 0 rings (SSSR count). The molecule has 3 N–H and O–H groups in total. The third-order valence-electron chi connectivity index (χ3n) is 2.98. The summed E-state index contributed by atoms with van der Waals surface area (Å²) in [6.07, 6.45) is 1.07. The van der Waals surface area contributed by atoms with Gasteiger partial charge in [-0.2, -0.15) is 0 Å². The molecule has 0 aliphatic carbocycles. The first-order chi connectivity index (χ1) is 6.35. The fourth-order valence-corrected chi connectivity index (χ4v) is 0.991. The molecule has 0 aliphatic heterocycles. The van der Waals surface area contributed by atoms with Crippen molar-refractivity contribution >= 4 is 5.91 Å². The number of nitrogens with two attached hydrogens (primary N) is 1. The standard InChI is InChI=1S/C11H24N2O/c1-6-8(2)9(3)13-10(14)11(4,5)7-12/h8-9H,6-7,12H2,1-5H3,(H,13,14). The number of hydrogen-bond donors (Lipinski definition) is 2. The zero-order valence-corrected chi connectivity index (χ0v) is 10.1. The lowest BCUT2D eigenvalue weighted by atomic mass is 9.91. The molecule has 1 amide bonds. The minimum atomic E-state index is -0.457. The molecule has 0 aromatic carbocycles. The Balaban J connectivity index is 4.19. The molecule has 0 saturated heterocycles. The fourth-order valence-electron chi connectivity index (χ4n) is 0.991. The predicted molar refractivity (Wildman–Crippen MR) is 59.9 cm³/mol. The first-order valence-electron chi connectivity index (χ1n) is 5.36. The van der Waals surface area contributed by atoms with Crippen molar-refractivity contribution in [1.82, 2.24) is 5.32 Å². The van der Waals surface area contributed by atoms with Gasteiger partial charge in [-0.1, -0.05) is 20.3 Å². The second kappa shape index (κ2) is 5.35. The quantitative estimate of drug-likeness (QED) is 0.707. The molecule has 0 spiro atoms. The molecule has 14 heavy (non-hydrogen) atoms. The summed E-state index contributed by atoms with van der Waals surface area (Å²) < 4.78 is 0. The number of carbonyl (C=O) groups excluding carboxylic acids is 1. The fraction of sp³-hybridized carbons (Fsp3) is 0.909. The number of amides is 1. The topological polar surface area (TPSA) is 55.1 Å². The van der Waals surface area contributed by atoms with Crippen molar-refractivity contribution < 1.29 is 4.79 Å². The number of hydrogen-bond acceptors (Lipinski definition) is 2. The second-order valence-corrected chi connectivity index (χ2v) is 4.74. The average Bonchev–Trinajstić information content (AvgIpc) is 2.16. The van der Waals surface area contributed by atoms with Gasteiger partial charge >= 0.3 is 0 Å². The van der Waals surface area contributed by atoms with Gasteiger partial charge in [-0.15, -0.1) is 0 Å². The number of carbonyl (C=O) groups is 1. The first-order valence-corrected chi connectivity index (χ1v) is 5.36. The molecular weight excluding hydrogens is 176 g/mol. The summed E-state index contributed by atoms with van der Waals surface area (Å²) in [6, 6.07) is 0.221. The van der Waals surface area contributed by atoms with E-state index in [1.807, 2.05) is 20.8 Å². The number of nitrogens with one attached hydrogen (secondary N) is 1. The van der Waals surface area contributed by atoms with Gasteiger partial charge < -0.3 is 11.1 Å². The molecule has 0 radical (unpaired) electrons. The van der Waals surface area contributed by atoms with Crippen LogP contribution in [0.15, 0.2) is 0 Å². The highest BCUT2D eigenvalue weighted by Crippen LogP contribution is 2.14. The van der Waals surface area contributed by atoms with Crippen LogP contribution in [0, 0.1) is 11.3 Å². The van der Waals surface area contributed by atoms with Gasteiger partial charge in [0.15, 0.2) is 0 Å². The maximum absolute atomic E-state index is 11.7. The zero-order chi connectivity index (χ0) is 11.4. The monoisotopic (exact) mass is 200 g/mol. The maximum Gasteiger partial charge on any atom is 0.227 e. The number of rotatable bonds is 5. The summed E-state index contributed by atoms with van der Waals surface area (Å²) in [7, 11) is 0. The predicted octanol–water partition coefficient (Wildman–Crippen LogP) is 1.52. The van der Waals surface area contributed by atoms with Crippen molar-refractivity contribution in [2.45, 2.75) is 47.1 Å². The molecule has 3 heteroatoms. The van der Waals surface area contributed by atoms with Crippen molar-refractivity contribution in [2.24, 2.45) is 17.1 Å². The van der Waals surface area contributed by atoms with Gasteiger partial charge in [0.2, 0.25) is 5.91 Å². The molecule has 2 unspecified atom stereocenters. The molecule has 0 fully saturated rings. The van der Waals surface area contributed by atoms with Crippen LogP contribution >= 0.6 is 0 Å². The largest absolute Gasteiger partial charge is 0.353 e. The highest BCUT2D eigenvalue weighted by molar-refractivity contribution is 5.82. The highest BCUT2D eigenvalue weighted by atomic mass is 16.2. The van der Waals surface area contributed by atoms with Crippen molar-refractivity contribution in [2.75, 3.05) is 6.54 Å². The summed E-state index contributed by atoms with van der Waals surface area (Å²) in [5.41, 5.74) is 5.07. The second-order valence-electron chi connectivity index (χ2n) is 4.74. The van der Waals surface area contributed by atoms with Crippen LogP contribution in [0.3, 0.4) is 0 Å². The molecule has 0 aliphatic rings. The molecule has 0 bridgehead atoms. The maximum atomic E-state index is 11.7. The van der Waals surface area contributed by atoms with Crippen molar-refractivity contribution in [1.29, 1.82) is 0 Å². The third-order valence-corrected chi connectivity index (χ3v) is 2.98. The molecule has 84 valence electrons. The molecule has 2 atom stereocenters. The van der Waals surface area contributed by atoms with Crippen LogP contribution in [0.25, 0.3) is 0 Å². The van der Waals surface area contributed by atoms with E-state index >= 15 is 0 Å². The normalized spacial score (nSPS) is 16.1. The Morgan fingerprint density at radius 2 is 1.93 bits per heavy atom. The van der Waals surface area contributed by atoms with E-state index in [1.54, 1.807) is 0 Å². The Kier molecular flexibility index (Phi) is 5.13. The molecule has 3 nitrogen and oxygen atoms in total. The Morgan fingerprint density at radius 3 is 2.29 bits per heavy atom. The van der Waals surface area contributed by atoms with E-state index in [0.717, 1.165) is 6.42 Å². The lowest BCUT2D eigenvalue weighted by molar-refractivity contribution is -0.129. The van der Waals surface area contributed by atoms with Gasteiger partial charge in [0.1, 0.15) is 0 Å². The van der Waals surface area contributed by atoms with Gasteiger partial charge in [0.05, 0.1) is 5.41 Å². The van der Waals surface area contributed by atoms with Crippen LogP contribution in [-0.2, 0) is 4.79 Å². The Morgan fingerprint density at radius 1 is 1.43 bits per heavy atom. The first kappa shape index (κ1) is 13.4. The van der Waals surface area contributed by atoms with Crippen LogP contribution in [0.4, 0.5) is 0 Å². The van der Waals surface area contributed by atoms with E-state index in [0.29, 0.717) is 12.5 Å². The summed E-state index contributed by atoms with van der Waals surface area (Å²) in [5.74, 6) is 0.556. The third kappa shape index (κ3) is 3.66. The van der Waals surface area contributed by atoms with Crippen LogP contribution in [0.2, 0.25) is 0 Å². The van der Waals surface area contributed by atoms with Gasteiger partial charge in [0.25, 0.3) is 0 Å². The van der Waals surface area contributed by atoms with Gasteiger partial charge in [-0.3, -0.25) is 4.79 Å². The molecule has 0 aromatic heterocycles. The van der Waals surface area contributed by atoms with Gasteiger partial charge in [0, 0.05) is 12.6 Å². The van der Waals surface area contributed by atoms with E-state index in [4.69, 9.17) is 5.73 Å². The SMILES string of the molecule is CCC(C)C(C)NC(=O)C(C)(C)CN. The Hall–Kier alpha value is -0.570. The molecule has 0 aromatic rings. The summed E-state index contributed by atoms with van der Waals surface area (Å²) in [4.78, 5) is 11.7. The van der Waals surface area contributed by atoms with Crippen LogP contribution in [0.5, 0.6) is 0 Å². The minimum Gasteiger partial charge on any atom is -0.353 e. The van der Waals surface area contributed by atoms with Gasteiger partial charge in [-0.25, -0.2) is 0 Å². The minimum absolute atomic E-state index is 0.0489. The van der Waals surface area contributed by atoms with E-state index in [9.17, 15) is 4.79 Å². The Labute approximate surface area is 87.4 Å². The lowest BCUT2D eigenvalue weighted by Gasteiger charge is -2.27.